The summed E-state index contributed by atoms with van der Waals surface area (Å²) < 4.78 is 18.0. The summed E-state index contributed by atoms with van der Waals surface area (Å²) in [6.07, 6.45) is 0.783. The Morgan fingerprint density at radius 2 is 1.80 bits per heavy atom. The summed E-state index contributed by atoms with van der Waals surface area (Å²) in [7, 11) is 6.49. The molecule has 1 N–H and O–H groups in total. The highest BCUT2D eigenvalue weighted by Crippen LogP contribution is 2.41. The molecule has 3 rings (SSSR count). The van der Waals surface area contributed by atoms with Gasteiger partial charge in [-0.15, -0.1) is 20.4 Å². The van der Waals surface area contributed by atoms with Gasteiger partial charge in [-0.3, -0.25) is 10.1 Å². The Hall–Kier alpha value is -2.86. The summed E-state index contributed by atoms with van der Waals surface area (Å²) in [5.41, 5.74) is 0.747. The third-order valence-electron chi connectivity index (χ3n) is 4.11. The van der Waals surface area contributed by atoms with E-state index in [4.69, 9.17) is 14.2 Å². The number of hydrogen-bond donors (Lipinski definition) is 1. The van der Waals surface area contributed by atoms with Gasteiger partial charge in [-0.25, -0.2) is 0 Å². The molecule has 12 heteroatoms. The predicted molar refractivity (Wildman–Crippen MR) is 115 cm³/mol. The summed E-state index contributed by atoms with van der Waals surface area (Å²) in [6, 6.07) is 3.60. The van der Waals surface area contributed by atoms with Crippen molar-refractivity contribution in [3.05, 3.63) is 17.1 Å². The normalized spacial score (nSPS) is 10.7. The molecule has 2 heterocycles. The smallest absolute Gasteiger partial charge is 0.236 e. The predicted octanol–water partition coefficient (Wildman–Crippen LogP) is 2.65. The largest absolute Gasteiger partial charge is 0.493 e. The molecule has 3 aromatic rings. The zero-order chi connectivity index (χ0) is 21.7. The number of benzene rings is 1. The van der Waals surface area contributed by atoms with Gasteiger partial charge in [-0.2, -0.15) is 0 Å². The molecular formula is C18H22N6O4S2. The lowest BCUT2D eigenvalue weighted by Gasteiger charge is -2.13. The van der Waals surface area contributed by atoms with E-state index >= 15 is 0 Å². The molecule has 0 aliphatic heterocycles. The molecule has 0 aliphatic rings. The molecule has 0 fully saturated rings. The van der Waals surface area contributed by atoms with Gasteiger partial charge in [0.15, 0.2) is 22.5 Å². The molecular weight excluding hydrogens is 428 g/mol. The summed E-state index contributed by atoms with van der Waals surface area (Å²) in [6.45, 7) is 1.99. The topological polar surface area (TPSA) is 113 Å². The number of carbonyl (C=O) groups excluding carboxylic acids is 1. The number of amides is 1. The maximum Gasteiger partial charge on any atom is 0.236 e. The van der Waals surface area contributed by atoms with E-state index in [1.54, 1.807) is 38.0 Å². The highest BCUT2D eigenvalue weighted by Gasteiger charge is 2.19. The van der Waals surface area contributed by atoms with Crippen molar-refractivity contribution in [2.75, 3.05) is 32.4 Å². The van der Waals surface area contributed by atoms with Crippen LogP contribution in [0.25, 0.3) is 11.4 Å². The van der Waals surface area contributed by atoms with Crippen molar-refractivity contribution in [2.45, 2.75) is 18.5 Å². The maximum absolute atomic E-state index is 12.2. The zero-order valence-electron chi connectivity index (χ0n) is 17.3. The van der Waals surface area contributed by atoms with Crippen LogP contribution >= 0.6 is 23.1 Å². The standard InChI is InChI=1S/C18H22N6O4S2/c1-6-14-20-22-17(30-14)19-13(25)9-29-18-23-21-16(24(18)2)10-7-11(26-3)15(28-5)12(8-10)27-4/h7-8H,6,9H2,1-5H3,(H,19,22,25). The number of methoxy groups -OCH3 is 3. The zero-order valence-corrected chi connectivity index (χ0v) is 18.9. The molecule has 160 valence electrons. The van der Waals surface area contributed by atoms with Crippen molar-refractivity contribution in [3.8, 4) is 28.6 Å². The number of thioether (sulfide) groups is 1. The average molecular weight is 451 g/mol. The SMILES string of the molecule is CCc1nnc(NC(=O)CSc2nnc(-c3cc(OC)c(OC)c(OC)c3)n2C)s1. The second kappa shape index (κ2) is 9.76. The second-order valence-electron chi connectivity index (χ2n) is 5.97. The van der Waals surface area contributed by atoms with E-state index in [-0.39, 0.29) is 11.7 Å². The minimum Gasteiger partial charge on any atom is -0.493 e. The number of aromatic nitrogens is 5. The summed E-state index contributed by atoms with van der Waals surface area (Å²) in [5.74, 6) is 2.13. The molecule has 0 atom stereocenters. The number of nitrogens with one attached hydrogen (secondary N) is 1. The van der Waals surface area contributed by atoms with Gasteiger partial charge >= 0.3 is 0 Å². The van der Waals surface area contributed by atoms with Crippen LogP contribution in [0.4, 0.5) is 5.13 Å². The number of ether oxygens (including phenoxy) is 3. The van der Waals surface area contributed by atoms with Crippen molar-refractivity contribution in [2.24, 2.45) is 7.05 Å². The molecule has 0 unspecified atom stereocenters. The number of aryl methyl sites for hydroxylation is 1. The summed E-state index contributed by atoms with van der Waals surface area (Å²) >= 11 is 2.64. The molecule has 1 amide bonds. The quantitative estimate of drug-likeness (QED) is 0.491. The molecule has 30 heavy (non-hydrogen) atoms. The Kier molecular flexibility index (Phi) is 7.11. The first-order valence-electron chi connectivity index (χ1n) is 8.95. The van der Waals surface area contributed by atoms with Gasteiger partial charge in [0.2, 0.25) is 16.8 Å². The number of anilines is 1. The van der Waals surface area contributed by atoms with E-state index in [1.807, 2.05) is 14.0 Å². The van der Waals surface area contributed by atoms with E-state index in [2.05, 4.69) is 25.7 Å². The minimum atomic E-state index is -0.184. The fraction of sp³-hybridized carbons (Fsp3) is 0.389. The van der Waals surface area contributed by atoms with Crippen molar-refractivity contribution in [1.29, 1.82) is 0 Å². The average Bonchev–Trinajstić information content (AvgIpc) is 3.37. The highest BCUT2D eigenvalue weighted by molar-refractivity contribution is 7.99. The lowest BCUT2D eigenvalue weighted by atomic mass is 10.1. The first-order chi connectivity index (χ1) is 14.5. The molecule has 1 aromatic carbocycles. The van der Waals surface area contributed by atoms with Crippen LogP contribution in [0, 0.1) is 0 Å². The van der Waals surface area contributed by atoms with Crippen LogP contribution < -0.4 is 19.5 Å². The van der Waals surface area contributed by atoms with Gasteiger partial charge in [0, 0.05) is 12.6 Å². The third kappa shape index (κ3) is 4.65. The van der Waals surface area contributed by atoms with Gasteiger partial charge in [0.1, 0.15) is 5.01 Å². The molecule has 0 radical (unpaired) electrons. The third-order valence-corrected chi connectivity index (χ3v) is 6.11. The molecule has 0 bridgehead atoms. The molecule has 0 saturated heterocycles. The minimum absolute atomic E-state index is 0.169. The fourth-order valence-corrected chi connectivity index (χ4v) is 4.04. The Labute approximate surface area is 182 Å². The van der Waals surface area contributed by atoms with Crippen molar-refractivity contribution < 1.29 is 19.0 Å². The van der Waals surface area contributed by atoms with Crippen molar-refractivity contribution in [1.82, 2.24) is 25.0 Å². The van der Waals surface area contributed by atoms with Crippen LogP contribution in [0.15, 0.2) is 17.3 Å². The molecule has 0 saturated carbocycles. The number of rotatable bonds is 9. The molecule has 0 spiro atoms. The van der Waals surface area contributed by atoms with Crippen LogP contribution in [0.3, 0.4) is 0 Å². The van der Waals surface area contributed by atoms with Gasteiger partial charge in [0.25, 0.3) is 0 Å². The number of nitrogens with zero attached hydrogens (tertiary/aromatic N) is 5. The molecule has 2 aromatic heterocycles. The van der Waals surface area contributed by atoms with Crippen LogP contribution in [0.2, 0.25) is 0 Å². The molecule has 0 aliphatic carbocycles. The summed E-state index contributed by atoms with van der Waals surface area (Å²) in [5, 5.41) is 21.1. The van der Waals surface area contributed by atoms with Crippen LogP contribution in [0.5, 0.6) is 17.2 Å². The monoisotopic (exact) mass is 450 g/mol. The van der Waals surface area contributed by atoms with Crippen LogP contribution in [-0.2, 0) is 18.3 Å². The van der Waals surface area contributed by atoms with E-state index in [0.717, 1.165) is 17.0 Å². The Bertz CT molecular complexity index is 1010. The lowest BCUT2D eigenvalue weighted by Crippen LogP contribution is -2.14. The van der Waals surface area contributed by atoms with E-state index < -0.39 is 0 Å². The Morgan fingerprint density at radius 3 is 2.37 bits per heavy atom. The number of hydrogen-bond acceptors (Lipinski definition) is 10. The molecule has 10 nitrogen and oxygen atoms in total. The first kappa shape index (κ1) is 21.8. The van der Waals surface area contributed by atoms with E-state index in [1.165, 1.54) is 23.1 Å². The lowest BCUT2D eigenvalue weighted by molar-refractivity contribution is -0.113. The van der Waals surface area contributed by atoms with Gasteiger partial charge in [0.05, 0.1) is 27.1 Å². The van der Waals surface area contributed by atoms with E-state index in [0.29, 0.717) is 33.4 Å². The fourth-order valence-electron chi connectivity index (χ4n) is 2.63. The van der Waals surface area contributed by atoms with Gasteiger partial charge < -0.3 is 18.8 Å². The number of carbonyl (C=O) groups is 1. The van der Waals surface area contributed by atoms with Gasteiger partial charge in [-0.1, -0.05) is 30.0 Å². The first-order valence-corrected chi connectivity index (χ1v) is 10.8. The van der Waals surface area contributed by atoms with Crippen LogP contribution in [-0.4, -0.2) is 58.0 Å². The maximum atomic E-state index is 12.2. The van der Waals surface area contributed by atoms with Gasteiger partial charge in [-0.05, 0) is 18.6 Å². The highest BCUT2D eigenvalue weighted by atomic mass is 32.2. The van der Waals surface area contributed by atoms with Crippen molar-refractivity contribution in [3.63, 3.8) is 0 Å². The van der Waals surface area contributed by atoms with E-state index in [9.17, 15) is 4.79 Å². The Balaban J connectivity index is 1.73. The van der Waals surface area contributed by atoms with Crippen molar-refractivity contribution >= 4 is 34.1 Å². The second-order valence-corrected chi connectivity index (χ2v) is 7.98. The van der Waals surface area contributed by atoms with Crippen LogP contribution in [0.1, 0.15) is 11.9 Å². The summed E-state index contributed by atoms with van der Waals surface area (Å²) in [4.78, 5) is 12.2. The Morgan fingerprint density at radius 1 is 1.10 bits per heavy atom.